The lowest BCUT2D eigenvalue weighted by Crippen LogP contribution is -2.43. The van der Waals surface area contributed by atoms with Crippen LogP contribution >= 0.6 is 0 Å². The fraction of sp³-hybridized carbons (Fsp3) is 0.458. The summed E-state index contributed by atoms with van der Waals surface area (Å²) in [5.74, 6) is -0.420. The van der Waals surface area contributed by atoms with Crippen LogP contribution in [-0.4, -0.2) is 56.8 Å². The van der Waals surface area contributed by atoms with Crippen molar-refractivity contribution < 1.29 is 26.4 Å². The van der Waals surface area contributed by atoms with Gasteiger partial charge >= 0.3 is 6.18 Å². The monoisotopic (exact) mass is 497 g/mol. The molecular formula is C24H30F3N3O3S. The van der Waals surface area contributed by atoms with Gasteiger partial charge in [0.15, 0.2) is 0 Å². The highest BCUT2D eigenvalue weighted by atomic mass is 32.2. The van der Waals surface area contributed by atoms with E-state index in [4.69, 9.17) is 0 Å². The van der Waals surface area contributed by atoms with Crippen LogP contribution in [0.4, 0.5) is 13.2 Å². The molecule has 1 aliphatic heterocycles. The lowest BCUT2D eigenvalue weighted by atomic mass is 9.97. The molecule has 1 N–H and O–H groups in total. The number of halogens is 3. The largest absolute Gasteiger partial charge is 0.416 e. The molecule has 0 spiro atoms. The van der Waals surface area contributed by atoms with Gasteiger partial charge in [-0.05, 0) is 56.6 Å². The highest BCUT2D eigenvalue weighted by Crippen LogP contribution is 2.32. The third kappa shape index (κ3) is 7.04. The van der Waals surface area contributed by atoms with Crippen LogP contribution in [0.1, 0.15) is 30.4 Å². The molecule has 186 valence electrons. The van der Waals surface area contributed by atoms with E-state index in [-0.39, 0.29) is 29.8 Å². The van der Waals surface area contributed by atoms with Gasteiger partial charge in [-0.1, -0.05) is 36.4 Å². The lowest BCUT2D eigenvalue weighted by Gasteiger charge is -2.30. The molecule has 0 bridgehead atoms. The van der Waals surface area contributed by atoms with E-state index in [9.17, 15) is 26.4 Å². The number of hydrogen-bond acceptors (Lipinski definition) is 4. The molecule has 0 saturated carbocycles. The zero-order chi connectivity index (χ0) is 24.8. The minimum absolute atomic E-state index is 0.0937. The van der Waals surface area contributed by atoms with Crippen LogP contribution in [0.3, 0.4) is 0 Å². The first-order chi connectivity index (χ1) is 16.1. The molecular weight excluding hydrogens is 467 g/mol. The van der Waals surface area contributed by atoms with Crippen LogP contribution in [0.15, 0.2) is 59.5 Å². The Morgan fingerprint density at radius 3 is 2.41 bits per heavy atom. The Bertz CT molecular complexity index is 1050. The maximum atomic E-state index is 13.0. The lowest BCUT2D eigenvalue weighted by molar-refractivity contribution is -0.137. The van der Waals surface area contributed by atoms with Crippen LogP contribution in [0, 0.1) is 5.92 Å². The molecule has 1 heterocycles. The second-order valence-corrected chi connectivity index (χ2v) is 10.5. The number of carbonyl (C=O) groups excluding carboxylic acids is 1. The third-order valence-electron chi connectivity index (χ3n) is 5.94. The summed E-state index contributed by atoms with van der Waals surface area (Å²) in [5, 5.41) is 2.92. The zero-order valence-corrected chi connectivity index (χ0v) is 19.9. The van der Waals surface area contributed by atoms with Crippen LogP contribution in [0.25, 0.3) is 0 Å². The summed E-state index contributed by atoms with van der Waals surface area (Å²) < 4.78 is 65.6. The van der Waals surface area contributed by atoms with Gasteiger partial charge in [0.25, 0.3) is 0 Å². The smallest absolute Gasteiger partial charge is 0.356 e. The molecule has 2 aromatic carbocycles. The Kier molecular flexibility index (Phi) is 8.72. The van der Waals surface area contributed by atoms with Crippen LogP contribution in [0.5, 0.6) is 0 Å². The minimum atomic E-state index is -4.62. The van der Waals surface area contributed by atoms with E-state index in [1.165, 1.54) is 5.56 Å². The molecule has 0 atom stereocenters. The molecule has 2 aromatic rings. The summed E-state index contributed by atoms with van der Waals surface area (Å²) in [6.07, 6.45) is -3.17. The molecule has 1 aliphatic rings. The van der Waals surface area contributed by atoms with Gasteiger partial charge in [-0.2, -0.15) is 17.5 Å². The van der Waals surface area contributed by atoms with Crippen molar-refractivity contribution in [3.8, 4) is 0 Å². The van der Waals surface area contributed by atoms with Crippen molar-refractivity contribution >= 4 is 15.9 Å². The van der Waals surface area contributed by atoms with E-state index >= 15 is 0 Å². The number of piperidine rings is 1. The van der Waals surface area contributed by atoms with Gasteiger partial charge in [-0.3, -0.25) is 4.79 Å². The van der Waals surface area contributed by atoms with E-state index in [0.717, 1.165) is 42.0 Å². The Morgan fingerprint density at radius 1 is 1.09 bits per heavy atom. The first kappa shape index (κ1) is 26.2. The number of benzene rings is 2. The van der Waals surface area contributed by atoms with Crippen LogP contribution in [0.2, 0.25) is 0 Å². The Hall–Kier alpha value is -2.43. The topological polar surface area (TPSA) is 69.7 Å². The highest BCUT2D eigenvalue weighted by Gasteiger charge is 2.35. The van der Waals surface area contributed by atoms with Crippen molar-refractivity contribution in [2.45, 2.75) is 36.9 Å². The van der Waals surface area contributed by atoms with Gasteiger partial charge in [0.05, 0.1) is 10.5 Å². The fourth-order valence-electron chi connectivity index (χ4n) is 4.02. The molecule has 0 aliphatic carbocycles. The SMILES string of the molecule is CN(CCCNC(=O)C1CCN(S(=O)(=O)c2cccc(C(F)(F)F)c2)CC1)Cc1ccccc1. The zero-order valence-electron chi connectivity index (χ0n) is 19.1. The third-order valence-corrected chi connectivity index (χ3v) is 7.83. The first-order valence-electron chi connectivity index (χ1n) is 11.2. The molecule has 0 radical (unpaired) electrons. The molecule has 0 aromatic heterocycles. The molecule has 1 saturated heterocycles. The Labute approximate surface area is 198 Å². The number of carbonyl (C=O) groups is 1. The van der Waals surface area contributed by atoms with Crippen molar-refractivity contribution in [1.29, 1.82) is 0 Å². The van der Waals surface area contributed by atoms with Crippen molar-refractivity contribution in [2.24, 2.45) is 5.92 Å². The fourth-order valence-corrected chi connectivity index (χ4v) is 5.54. The van der Waals surface area contributed by atoms with Gasteiger partial charge in [-0.15, -0.1) is 0 Å². The molecule has 10 heteroatoms. The highest BCUT2D eigenvalue weighted by molar-refractivity contribution is 7.89. The van der Waals surface area contributed by atoms with Crippen molar-refractivity contribution in [3.63, 3.8) is 0 Å². The molecule has 1 fully saturated rings. The van der Waals surface area contributed by atoms with Gasteiger partial charge in [0, 0.05) is 32.1 Å². The number of nitrogens with zero attached hydrogens (tertiary/aromatic N) is 2. The minimum Gasteiger partial charge on any atom is -0.356 e. The second kappa shape index (κ2) is 11.3. The molecule has 6 nitrogen and oxygen atoms in total. The van der Waals surface area contributed by atoms with E-state index in [0.29, 0.717) is 25.5 Å². The van der Waals surface area contributed by atoms with E-state index in [1.807, 2.05) is 25.2 Å². The maximum Gasteiger partial charge on any atom is 0.416 e. The number of nitrogens with one attached hydrogen (secondary N) is 1. The van der Waals surface area contributed by atoms with Crippen LogP contribution < -0.4 is 5.32 Å². The van der Waals surface area contributed by atoms with E-state index < -0.39 is 21.8 Å². The van der Waals surface area contributed by atoms with Crippen molar-refractivity contribution in [1.82, 2.24) is 14.5 Å². The number of hydrogen-bond donors (Lipinski definition) is 1. The second-order valence-electron chi connectivity index (χ2n) is 8.57. The molecule has 1 amide bonds. The summed E-state index contributed by atoms with van der Waals surface area (Å²) in [6.45, 7) is 2.37. The number of amides is 1. The quantitative estimate of drug-likeness (QED) is 0.536. The normalized spacial score (nSPS) is 16.0. The van der Waals surface area contributed by atoms with E-state index in [2.05, 4.69) is 22.3 Å². The van der Waals surface area contributed by atoms with Gasteiger partial charge in [0.1, 0.15) is 0 Å². The first-order valence-corrected chi connectivity index (χ1v) is 12.7. The summed E-state index contributed by atoms with van der Waals surface area (Å²) in [6, 6.07) is 13.9. The number of sulfonamides is 1. The average molecular weight is 498 g/mol. The Morgan fingerprint density at radius 2 is 1.76 bits per heavy atom. The predicted octanol–water partition coefficient (Wildman–Crippen LogP) is 3.74. The van der Waals surface area contributed by atoms with Crippen molar-refractivity contribution in [3.05, 3.63) is 65.7 Å². The van der Waals surface area contributed by atoms with E-state index in [1.54, 1.807) is 0 Å². The standard InChI is InChI=1S/C24H30F3N3O3S/c1-29(18-19-7-3-2-4-8-19)14-6-13-28-23(31)20-11-15-30(16-12-20)34(32,33)22-10-5-9-21(17-22)24(25,26)27/h2-5,7-10,17,20H,6,11-16,18H2,1H3,(H,28,31). The maximum absolute atomic E-state index is 13.0. The number of alkyl halides is 3. The van der Waals surface area contributed by atoms with Gasteiger partial charge in [-0.25, -0.2) is 8.42 Å². The van der Waals surface area contributed by atoms with Crippen LogP contribution in [-0.2, 0) is 27.5 Å². The predicted molar refractivity (Wildman–Crippen MR) is 123 cm³/mol. The molecule has 3 rings (SSSR count). The summed E-state index contributed by atoms with van der Waals surface area (Å²) in [4.78, 5) is 14.3. The summed E-state index contributed by atoms with van der Waals surface area (Å²) >= 11 is 0. The summed E-state index contributed by atoms with van der Waals surface area (Å²) in [7, 11) is -2.03. The average Bonchev–Trinajstić information content (AvgIpc) is 2.82. The summed E-state index contributed by atoms with van der Waals surface area (Å²) in [5.41, 5.74) is 0.220. The molecule has 0 unspecified atom stereocenters. The molecule has 34 heavy (non-hydrogen) atoms. The van der Waals surface area contributed by atoms with Gasteiger partial charge in [0.2, 0.25) is 15.9 Å². The Balaban J connectivity index is 1.43. The van der Waals surface area contributed by atoms with Crippen molar-refractivity contribution in [2.75, 3.05) is 33.2 Å². The number of rotatable bonds is 9. The van der Waals surface area contributed by atoms with Gasteiger partial charge < -0.3 is 10.2 Å².